The molecule has 1 aliphatic carbocycles. The first kappa shape index (κ1) is 13.4. The van der Waals surface area contributed by atoms with Gasteiger partial charge >= 0.3 is 0 Å². The molecule has 0 heterocycles. The Bertz CT molecular complexity index is 223. The normalized spacial score (nSPS) is 19.9. The summed E-state index contributed by atoms with van der Waals surface area (Å²) in [4.78, 5) is 11.6. The van der Waals surface area contributed by atoms with Crippen molar-refractivity contribution in [3.05, 3.63) is 0 Å². The van der Waals surface area contributed by atoms with E-state index in [0.29, 0.717) is 6.42 Å². The van der Waals surface area contributed by atoms with Crippen LogP contribution in [-0.4, -0.2) is 50.1 Å². The van der Waals surface area contributed by atoms with E-state index in [2.05, 4.69) is 5.32 Å². The molecule has 5 nitrogen and oxygen atoms in total. The maximum Gasteiger partial charge on any atom is 0.222 e. The summed E-state index contributed by atoms with van der Waals surface area (Å²) in [5.74, 6) is -0.0725. The SMILES string of the molecule is COCC(O)CNC(=O)CC1(OC)CCC1. The van der Waals surface area contributed by atoms with Crippen LogP contribution in [0.1, 0.15) is 25.7 Å². The lowest BCUT2D eigenvalue weighted by Gasteiger charge is -2.39. The standard InChI is InChI=1S/C11H21NO4/c1-15-8-9(13)7-12-10(14)6-11(16-2)4-3-5-11/h9,13H,3-8H2,1-2H3,(H,12,14). The van der Waals surface area contributed by atoms with E-state index in [-0.39, 0.29) is 24.7 Å². The van der Waals surface area contributed by atoms with Crippen molar-refractivity contribution in [1.82, 2.24) is 5.32 Å². The Morgan fingerprint density at radius 1 is 1.50 bits per heavy atom. The maximum absolute atomic E-state index is 11.6. The fourth-order valence-corrected chi connectivity index (χ4v) is 1.86. The lowest BCUT2D eigenvalue weighted by molar-refractivity contribution is -0.134. The van der Waals surface area contributed by atoms with Gasteiger partial charge in [0.15, 0.2) is 0 Å². The van der Waals surface area contributed by atoms with Gasteiger partial charge in [-0.05, 0) is 19.3 Å². The molecule has 1 rings (SSSR count). The number of amides is 1. The first-order chi connectivity index (χ1) is 7.62. The Kier molecular flexibility index (Phi) is 5.18. The molecule has 0 spiro atoms. The van der Waals surface area contributed by atoms with Crippen molar-refractivity contribution in [2.45, 2.75) is 37.4 Å². The summed E-state index contributed by atoms with van der Waals surface area (Å²) < 4.78 is 10.1. The molecule has 1 unspecified atom stereocenters. The van der Waals surface area contributed by atoms with E-state index in [1.807, 2.05) is 0 Å². The minimum Gasteiger partial charge on any atom is -0.389 e. The molecule has 0 bridgehead atoms. The second kappa shape index (κ2) is 6.18. The number of nitrogens with one attached hydrogen (secondary N) is 1. The quantitative estimate of drug-likeness (QED) is 0.650. The van der Waals surface area contributed by atoms with Crippen LogP contribution in [0.4, 0.5) is 0 Å². The summed E-state index contributed by atoms with van der Waals surface area (Å²) in [7, 11) is 3.16. The van der Waals surface area contributed by atoms with Crippen LogP contribution >= 0.6 is 0 Å². The summed E-state index contributed by atoms with van der Waals surface area (Å²) in [6.45, 7) is 0.460. The predicted octanol–water partition coefficient (Wildman–Crippen LogP) is 0.0691. The highest BCUT2D eigenvalue weighted by Crippen LogP contribution is 2.37. The largest absolute Gasteiger partial charge is 0.389 e. The average Bonchev–Trinajstić information content (AvgIpc) is 2.21. The van der Waals surface area contributed by atoms with Gasteiger partial charge in [-0.1, -0.05) is 0 Å². The molecule has 0 aliphatic heterocycles. The lowest BCUT2D eigenvalue weighted by atomic mass is 9.77. The van der Waals surface area contributed by atoms with Gasteiger partial charge in [0.05, 0.1) is 24.7 Å². The predicted molar refractivity (Wildman–Crippen MR) is 59.1 cm³/mol. The van der Waals surface area contributed by atoms with E-state index in [1.165, 1.54) is 7.11 Å². The van der Waals surface area contributed by atoms with Crippen molar-refractivity contribution >= 4 is 5.91 Å². The van der Waals surface area contributed by atoms with Crippen molar-refractivity contribution in [3.8, 4) is 0 Å². The molecule has 94 valence electrons. The molecular formula is C11H21NO4. The highest BCUT2D eigenvalue weighted by molar-refractivity contribution is 5.77. The second-order valence-corrected chi connectivity index (χ2v) is 4.33. The molecule has 0 saturated heterocycles. The van der Waals surface area contributed by atoms with E-state index in [9.17, 15) is 9.90 Å². The summed E-state index contributed by atoms with van der Waals surface area (Å²) in [6, 6.07) is 0. The summed E-state index contributed by atoms with van der Waals surface area (Å²) in [5.41, 5.74) is -0.254. The Labute approximate surface area is 96.1 Å². The van der Waals surface area contributed by atoms with Crippen LogP contribution in [0.5, 0.6) is 0 Å². The van der Waals surface area contributed by atoms with Crippen molar-refractivity contribution in [2.24, 2.45) is 0 Å². The number of methoxy groups -OCH3 is 2. The summed E-state index contributed by atoms with van der Waals surface area (Å²) >= 11 is 0. The lowest BCUT2D eigenvalue weighted by Crippen LogP contribution is -2.45. The number of hydrogen-bond donors (Lipinski definition) is 2. The molecule has 0 radical (unpaired) electrons. The molecule has 1 fully saturated rings. The monoisotopic (exact) mass is 231 g/mol. The highest BCUT2D eigenvalue weighted by Gasteiger charge is 2.38. The Hall–Kier alpha value is -0.650. The number of hydrogen-bond acceptors (Lipinski definition) is 4. The molecule has 2 N–H and O–H groups in total. The van der Waals surface area contributed by atoms with Crippen LogP contribution in [0.25, 0.3) is 0 Å². The Morgan fingerprint density at radius 3 is 2.62 bits per heavy atom. The minimum absolute atomic E-state index is 0.0725. The third-order valence-corrected chi connectivity index (χ3v) is 3.07. The van der Waals surface area contributed by atoms with Crippen molar-refractivity contribution in [2.75, 3.05) is 27.4 Å². The maximum atomic E-state index is 11.6. The van der Waals surface area contributed by atoms with Gasteiger partial charge in [0, 0.05) is 20.8 Å². The number of aliphatic hydroxyl groups excluding tert-OH is 1. The number of rotatable bonds is 7. The Balaban J connectivity index is 2.20. The Morgan fingerprint density at radius 2 is 2.19 bits per heavy atom. The third kappa shape index (κ3) is 3.73. The van der Waals surface area contributed by atoms with Crippen LogP contribution in [0.3, 0.4) is 0 Å². The van der Waals surface area contributed by atoms with Crippen molar-refractivity contribution in [3.63, 3.8) is 0 Å². The first-order valence-electron chi connectivity index (χ1n) is 5.61. The number of aliphatic hydroxyl groups is 1. The van der Waals surface area contributed by atoms with Gasteiger partial charge in [-0.25, -0.2) is 0 Å². The molecule has 16 heavy (non-hydrogen) atoms. The van der Waals surface area contributed by atoms with Crippen LogP contribution in [0, 0.1) is 0 Å². The molecule has 1 atom stereocenters. The molecule has 5 heteroatoms. The zero-order valence-corrected chi connectivity index (χ0v) is 9.99. The second-order valence-electron chi connectivity index (χ2n) is 4.33. The van der Waals surface area contributed by atoms with Gasteiger partial charge < -0.3 is 19.9 Å². The highest BCUT2D eigenvalue weighted by atomic mass is 16.5. The van der Waals surface area contributed by atoms with E-state index >= 15 is 0 Å². The number of ether oxygens (including phenoxy) is 2. The molecule has 0 aromatic heterocycles. The molecule has 1 aliphatic rings. The molecule has 1 amide bonds. The van der Waals surface area contributed by atoms with Crippen molar-refractivity contribution in [1.29, 1.82) is 0 Å². The van der Waals surface area contributed by atoms with Gasteiger partial charge in [-0.3, -0.25) is 4.79 Å². The molecule has 0 aromatic carbocycles. The molecular weight excluding hydrogens is 210 g/mol. The third-order valence-electron chi connectivity index (χ3n) is 3.07. The van der Waals surface area contributed by atoms with Crippen LogP contribution in [0.15, 0.2) is 0 Å². The summed E-state index contributed by atoms with van der Waals surface area (Å²) in [6.07, 6.45) is 2.74. The smallest absolute Gasteiger partial charge is 0.222 e. The summed E-state index contributed by atoms with van der Waals surface area (Å²) in [5, 5.41) is 12.0. The van der Waals surface area contributed by atoms with E-state index in [1.54, 1.807) is 7.11 Å². The van der Waals surface area contributed by atoms with E-state index < -0.39 is 6.10 Å². The van der Waals surface area contributed by atoms with Crippen LogP contribution < -0.4 is 5.32 Å². The van der Waals surface area contributed by atoms with Crippen molar-refractivity contribution < 1.29 is 19.4 Å². The average molecular weight is 231 g/mol. The van der Waals surface area contributed by atoms with Crippen LogP contribution in [0.2, 0.25) is 0 Å². The van der Waals surface area contributed by atoms with Gasteiger partial charge in [-0.15, -0.1) is 0 Å². The van der Waals surface area contributed by atoms with Crippen LogP contribution in [-0.2, 0) is 14.3 Å². The number of carbonyl (C=O) groups excluding carboxylic acids is 1. The van der Waals surface area contributed by atoms with Gasteiger partial charge in [-0.2, -0.15) is 0 Å². The van der Waals surface area contributed by atoms with E-state index in [4.69, 9.17) is 9.47 Å². The molecule has 0 aromatic rings. The first-order valence-corrected chi connectivity index (χ1v) is 5.61. The molecule has 1 saturated carbocycles. The van der Waals surface area contributed by atoms with Gasteiger partial charge in [0.1, 0.15) is 0 Å². The van der Waals surface area contributed by atoms with Gasteiger partial charge in [0.25, 0.3) is 0 Å². The fraction of sp³-hybridized carbons (Fsp3) is 0.909. The topological polar surface area (TPSA) is 67.8 Å². The zero-order chi connectivity index (χ0) is 12.0. The number of carbonyl (C=O) groups is 1. The minimum atomic E-state index is -0.645. The van der Waals surface area contributed by atoms with E-state index in [0.717, 1.165) is 19.3 Å². The fourth-order valence-electron chi connectivity index (χ4n) is 1.86. The van der Waals surface area contributed by atoms with Gasteiger partial charge in [0.2, 0.25) is 5.91 Å². The zero-order valence-electron chi connectivity index (χ0n) is 9.99.